The van der Waals surface area contributed by atoms with Gasteiger partial charge in [0.1, 0.15) is 5.82 Å². The smallest absolute Gasteiger partial charge is 0.216 e. The fourth-order valence-corrected chi connectivity index (χ4v) is 4.75. The van der Waals surface area contributed by atoms with Crippen LogP contribution in [-0.4, -0.2) is 19.7 Å². The summed E-state index contributed by atoms with van der Waals surface area (Å²) in [5, 5.41) is 13.1. The van der Waals surface area contributed by atoms with Gasteiger partial charge in [0.05, 0.1) is 12.2 Å². The minimum atomic E-state index is -0.334. The molecule has 1 aliphatic heterocycles. The highest BCUT2D eigenvalue weighted by molar-refractivity contribution is 6.30. The summed E-state index contributed by atoms with van der Waals surface area (Å²) in [6, 6.07) is 9.66. The Kier molecular flexibility index (Phi) is 4.61. The van der Waals surface area contributed by atoms with Crippen molar-refractivity contribution in [3.05, 3.63) is 70.3 Å². The van der Waals surface area contributed by atoms with Crippen molar-refractivity contribution >= 4 is 11.6 Å². The number of halogens is 2. The van der Waals surface area contributed by atoms with Gasteiger partial charge in [0.15, 0.2) is 5.82 Å². The molecule has 1 aliphatic carbocycles. The maximum atomic E-state index is 14.1. The lowest BCUT2D eigenvalue weighted by Gasteiger charge is -2.28. The van der Waals surface area contributed by atoms with E-state index in [-0.39, 0.29) is 11.9 Å². The van der Waals surface area contributed by atoms with Gasteiger partial charge in [-0.05, 0) is 61.4 Å². The first-order valence-electron chi connectivity index (χ1n) is 9.75. The standard InChI is InChI=1S/C21H21ClFN5/c22-16-7-8-18-15(10-16)11-24-12-19-26-27-21(28(18)19)14-5-3-13(4-6-14)17-2-1-9-25-20(17)23/h1-2,7-10,13-14,24H,3-6,11-12H2. The van der Waals surface area contributed by atoms with E-state index in [0.717, 1.165) is 65.7 Å². The molecule has 0 radical (unpaired) electrons. The Bertz CT molecular complexity index is 1010. The van der Waals surface area contributed by atoms with E-state index < -0.39 is 0 Å². The third-order valence-corrected chi connectivity index (χ3v) is 6.19. The molecule has 1 fully saturated rings. The first-order chi connectivity index (χ1) is 13.7. The van der Waals surface area contributed by atoms with Gasteiger partial charge >= 0.3 is 0 Å². The van der Waals surface area contributed by atoms with Gasteiger partial charge in [-0.25, -0.2) is 4.98 Å². The zero-order valence-electron chi connectivity index (χ0n) is 15.4. The van der Waals surface area contributed by atoms with Gasteiger partial charge in [0.25, 0.3) is 0 Å². The second kappa shape index (κ2) is 7.26. The molecule has 1 N–H and O–H groups in total. The Morgan fingerprint density at radius 3 is 2.68 bits per heavy atom. The summed E-state index contributed by atoms with van der Waals surface area (Å²) in [6.45, 7) is 1.43. The lowest BCUT2D eigenvalue weighted by molar-refractivity contribution is 0.372. The van der Waals surface area contributed by atoms with Crippen molar-refractivity contribution in [1.82, 2.24) is 25.1 Å². The van der Waals surface area contributed by atoms with Crippen LogP contribution in [0, 0.1) is 5.95 Å². The number of hydrogen-bond donors (Lipinski definition) is 1. The molecular weight excluding hydrogens is 377 g/mol. The Balaban J connectivity index is 1.43. The number of rotatable bonds is 2. The van der Waals surface area contributed by atoms with Crippen molar-refractivity contribution in [3.8, 4) is 5.69 Å². The van der Waals surface area contributed by atoms with Gasteiger partial charge in [-0.1, -0.05) is 17.7 Å². The number of hydrogen-bond acceptors (Lipinski definition) is 4. The van der Waals surface area contributed by atoms with Crippen LogP contribution in [0.1, 0.15) is 60.3 Å². The van der Waals surface area contributed by atoms with Gasteiger partial charge in [-0.15, -0.1) is 10.2 Å². The van der Waals surface area contributed by atoms with E-state index >= 15 is 0 Å². The summed E-state index contributed by atoms with van der Waals surface area (Å²) >= 11 is 6.20. The van der Waals surface area contributed by atoms with Crippen molar-refractivity contribution < 1.29 is 4.39 Å². The number of benzene rings is 1. The van der Waals surface area contributed by atoms with Gasteiger partial charge in [-0.3, -0.25) is 4.57 Å². The summed E-state index contributed by atoms with van der Waals surface area (Å²) in [6.07, 6.45) is 5.30. The molecule has 5 nitrogen and oxygen atoms in total. The van der Waals surface area contributed by atoms with Crippen LogP contribution in [0.25, 0.3) is 5.69 Å². The fraction of sp³-hybridized carbons (Fsp3) is 0.381. The topological polar surface area (TPSA) is 55.6 Å². The molecule has 144 valence electrons. The van der Waals surface area contributed by atoms with Crippen LogP contribution in [0.2, 0.25) is 5.02 Å². The lowest BCUT2D eigenvalue weighted by atomic mass is 9.78. The van der Waals surface area contributed by atoms with E-state index in [1.807, 2.05) is 24.3 Å². The Hall–Kier alpha value is -2.31. The van der Waals surface area contributed by atoms with Crippen molar-refractivity contribution in [3.63, 3.8) is 0 Å². The van der Waals surface area contributed by atoms with E-state index in [0.29, 0.717) is 12.5 Å². The molecule has 2 aromatic heterocycles. The first-order valence-corrected chi connectivity index (χ1v) is 10.1. The monoisotopic (exact) mass is 397 g/mol. The van der Waals surface area contributed by atoms with Crippen molar-refractivity contribution in [1.29, 1.82) is 0 Å². The molecule has 0 bridgehead atoms. The highest BCUT2D eigenvalue weighted by Gasteiger charge is 2.30. The molecule has 1 saturated carbocycles. The molecule has 3 heterocycles. The molecular formula is C21H21ClFN5. The molecule has 0 amide bonds. The van der Waals surface area contributed by atoms with E-state index in [1.165, 1.54) is 6.20 Å². The highest BCUT2D eigenvalue weighted by atomic mass is 35.5. The minimum absolute atomic E-state index is 0.226. The Morgan fingerprint density at radius 2 is 1.86 bits per heavy atom. The minimum Gasteiger partial charge on any atom is -0.306 e. The molecule has 2 aliphatic rings. The van der Waals surface area contributed by atoms with Gasteiger partial charge < -0.3 is 5.32 Å². The van der Waals surface area contributed by atoms with Crippen molar-refractivity contribution in [2.75, 3.05) is 0 Å². The first kappa shape index (κ1) is 17.8. The van der Waals surface area contributed by atoms with Crippen molar-refractivity contribution in [2.24, 2.45) is 0 Å². The molecule has 3 aromatic rings. The number of nitrogens with zero attached hydrogens (tertiary/aromatic N) is 4. The van der Waals surface area contributed by atoms with Crippen LogP contribution >= 0.6 is 11.6 Å². The van der Waals surface area contributed by atoms with Crippen LogP contribution in [0.4, 0.5) is 4.39 Å². The molecule has 0 spiro atoms. The zero-order valence-corrected chi connectivity index (χ0v) is 16.2. The average Bonchev–Trinajstić information content (AvgIpc) is 3.04. The number of aromatic nitrogens is 4. The Labute approximate surface area is 168 Å². The zero-order chi connectivity index (χ0) is 19.1. The largest absolute Gasteiger partial charge is 0.306 e. The number of nitrogens with one attached hydrogen (secondary N) is 1. The van der Waals surface area contributed by atoms with E-state index in [4.69, 9.17) is 11.6 Å². The molecule has 0 atom stereocenters. The summed E-state index contributed by atoms with van der Waals surface area (Å²) < 4.78 is 16.3. The van der Waals surface area contributed by atoms with Crippen LogP contribution < -0.4 is 5.32 Å². The maximum Gasteiger partial charge on any atom is 0.216 e. The summed E-state index contributed by atoms with van der Waals surface area (Å²) in [5.41, 5.74) is 2.99. The van der Waals surface area contributed by atoms with E-state index in [2.05, 4.69) is 31.1 Å². The third-order valence-electron chi connectivity index (χ3n) is 5.96. The molecule has 5 rings (SSSR count). The van der Waals surface area contributed by atoms with Gasteiger partial charge in [0, 0.05) is 29.2 Å². The quantitative estimate of drug-likeness (QED) is 0.647. The molecule has 28 heavy (non-hydrogen) atoms. The number of fused-ring (bicyclic) bond motifs is 3. The Morgan fingerprint density at radius 1 is 1.04 bits per heavy atom. The summed E-state index contributed by atoms with van der Waals surface area (Å²) in [7, 11) is 0. The van der Waals surface area contributed by atoms with Crippen LogP contribution in [-0.2, 0) is 13.1 Å². The predicted octanol–water partition coefficient (Wildman–Crippen LogP) is 4.50. The van der Waals surface area contributed by atoms with Crippen molar-refractivity contribution in [2.45, 2.75) is 50.6 Å². The molecule has 7 heteroatoms. The highest BCUT2D eigenvalue weighted by Crippen LogP contribution is 2.41. The number of pyridine rings is 1. The molecule has 0 saturated heterocycles. The SMILES string of the molecule is Fc1ncccc1C1CCC(c2nnc3n2-c2ccc(Cl)cc2CNC3)CC1. The second-order valence-corrected chi connectivity index (χ2v) is 8.05. The van der Waals surface area contributed by atoms with Crippen LogP contribution in [0.3, 0.4) is 0 Å². The maximum absolute atomic E-state index is 14.1. The van der Waals surface area contributed by atoms with Crippen LogP contribution in [0.15, 0.2) is 36.5 Å². The van der Waals surface area contributed by atoms with Gasteiger partial charge in [-0.2, -0.15) is 4.39 Å². The fourth-order valence-electron chi connectivity index (χ4n) is 4.56. The predicted molar refractivity (Wildman–Crippen MR) is 105 cm³/mol. The molecule has 0 unspecified atom stereocenters. The van der Waals surface area contributed by atoms with Gasteiger partial charge in [0.2, 0.25) is 5.95 Å². The third kappa shape index (κ3) is 3.10. The van der Waals surface area contributed by atoms with Crippen LogP contribution in [0.5, 0.6) is 0 Å². The summed E-state index contributed by atoms with van der Waals surface area (Å²) in [4.78, 5) is 3.81. The second-order valence-electron chi connectivity index (χ2n) is 7.62. The normalized spacial score (nSPS) is 21.6. The summed E-state index contributed by atoms with van der Waals surface area (Å²) in [5.74, 6) is 2.14. The molecule has 1 aromatic carbocycles. The van der Waals surface area contributed by atoms with E-state index in [1.54, 1.807) is 0 Å². The van der Waals surface area contributed by atoms with E-state index in [9.17, 15) is 4.39 Å². The average molecular weight is 398 g/mol. The lowest BCUT2D eigenvalue weighted by Crippen LogP contribution is -2.17.